The second kappa shape index (κ2) is 8.17. The largest absolute Gasteiger partial charge is 0.328 e. The summed E-state index contributed by atoms with van der Waals surface area (Å²) in [5.41, 5.74) is 1.05. The number of anilines is 1. The molecule has 1 N–H and O–H groups in total. The molecule has 2 heterocycles. The zero-order valence-electron chi connectivity index (χ0n) is 13.9. The van der Waals surface area contributed by atoms with Gasteiger partial charge in [0, 0.05) is 13.2 Å². The minimum atomic E-state index is -0.389. The van der Waals surface area contributed by atoms with E-state index in [0.29, 0.717) is 21.4 Å². The van der Waals surface area contributed by atoms with Gasteiger partial charge in [0.25, 0.3) is 0 Å². The van der Waals surface area contributed by atoms with Crippen molar-refractivity contribution < 1.29 is 4.39 Å². The molecule has 3 rings (SSSR count). The monoisotopic (exact) mass is 364 g/mol. The predicted octanol–water partition coefficient (Wildman–Crippen LogP) is 5.64. The third-order valence-corrected chi connectivity index (χ3v) is 4.53. The first-order valence-corrected chi connectivity index (χ1v) is 8.70. The lowest BCUT2D eigenvalue weighted by atomic mass is 10.2. The summed E-state index contributed by atoms with van der Waals surface area (Å²) in [7, 11) is 1.69. The summed E-state index contributed by atoms with van der Waals surface area (Å²) < 4.78 is 14.9. The van der Waals surface area contributed by atoms with E-state index in [1.54, 1.807) is 31.4 Å². The van der Waals surface area contributed by atoms with Gasteiger partial charge < -0.3 is 5.32 Å². The zero-order chi connectivity index (χ0) is 17.7. The van der Waals surface area contributed by atoms with Crippen molar-refractivity contribution >= 4 is 44.8 Å². The van der Waals surface area contributed by atoms with Crippen LogP contribution in [0.4, 0.5) is 10.2 Å². The number of hydrogen-bond donors (Lipinski definition) is 1. The molecule has 0 aliphatic rings. The molecule has 0 saturated carbocycles. The van der Waals surface area contributed by atoms with E-state index in [4.69, 9.17) is 11.6 Å². The second-order valence-corrected chi connectivity index (χ2v) is 5.96. The molecule has 0 unspecified atom stereocenters. The minimum absolute atomic E-state index is 0.317. The van der Waals surface area contributed by atoms with Crippen LogP contribution in [-0.4, -0.2) is 22.9 Å². The number of thiazole rings is 1. The number of hydrogen-bond acceptors (Lipinski definition) is 4. The highest BCUT2D eigenvalue weighted by atomic mass is 35.5. The summed E-state index contributed by atoms with van der Waals surface area (Å²) in [5, 5.41) is 3.98. The van der Waals surface area contributed by atoms with Gasteiger partial charge in [-0.25, -0.2) is 14.4 Å². The molecule has 3 aromatic rings. The fraction of sp³-hybridized carbons (Fsp3) is 0.235. The Morgan fingerprint density at radius 3 is 2.71 bits per heavy atom. The van der Waals surface area contributed by atoms with Gasteiger partial charge in [0.05, 0.1) is 26.6 Å². The van der Waals surface area contributed by atoms with Gasteiger partial charge >= 0.3 is 0 Å². The van der Waals surface area contributed by atoms with Gasteiger partial charge in [-0.3, -0.25) is 4.99 Å². The van der Waals surface area contributed by atoms with Crippen molar-refractivity contribution in [3.63, 3.8) is 0 Å². The van der Waals surface area contributed by atoms with Crippen LogP contribution in [0.15, 0.2) is 35.5 Å². The molecule has 7 heteroatoms. The maximum Gasteiger partial charge on any atom is 0.150 e. The van der Waals surface area contributed by atoms with E-state index >= 15 is 0 Å². The van der Waals surface area contributed by atoms with Gasteiger partial charge in [0.1, 0.15) is 10.8 Å². The summed E-state index contributed by atoms with van der Waals surface area (Å²) in [6, 6.07) is 6.38. The molecule has 0 fully saturated rings. The Hall–Kier alpha value is -2.05. The quantitative estimate of drug-likeness (QED) is 0.473. The zero-order valence-corrected chi connectivity index (χ0v) is 15.5. The summed E-state index contributed by atoms with van der Waals surface area (Å²) in [6.45, 7) is 5.84. The van der Waals surface area contributed by atoms with Gasteiger partial charge in [-0.05, 0) is 25.1 Å². The maximum atomic E-state index is 14.1. The highest BCUT2D eigenvalue weighted by molar-refractivity contribution is 7.22. The Bertz CT molecular complexity index is 856. The normalized spacial score (nSPS) is 11.2. The third-order valence-electron chi connectivity index (χ3n) is 3.12. The Labute approximate surface area is 149 Å². The van der Waals surface area contributed by atoms with Crippen molar-refractivity contribution in [1.29, 1.82) is 0 Å². The lowest BCUT2D eigenvalue weighted by molar-refractivity contribution is 0.631. The first-order valence-electron chi connectivity index (χ1n) is 7.50. The number of fused-ring (bicyclic) bond motifs is 1. The molecule has 0 radical (unpaired) electrons. The average molecular weight is 365 g/mol. The number of pyridine rings is 1. The standard InChI is InChI=1S/C15H12ClFN4S.C2H6/c1-8(18-2)20-14-13-11(6-7-19-14)21-15(22-13)12-9(16)4-3-5-10(12)17;1-2/h3-7H,1-2H3,(H,18,19,20);1-2H3. The van der Waals surface area contributed by atoms with Crippen molar-refractivity contribution in [2.45, 2.75) is 20.8 Å². The number of nitrogens with zero attached hydrogens (tertiary/aromatic N) is 3. The number of benzene rings is 1. The van der Waals surface area contributed by atoms with Gasteiger partial charge in [-0.1, -0.05) is 31.5 Å². The van der Waals surface area contributed by atoms with Crippen LogP contribution in [0.25, 0.3) is 20.8 Å². The van der Waals surface area contributed by atoms with Crippen LogP contribution in [0, 0.1) is 5.82 Å². The maximum absolute atomic E-state index is 14.1. The molecule has 1 aromatic carbocycles. The lowest BCUT2D eigenvalue weighted by Gasteiger charge is -2.03. The molecule has 0 aliphatic heterocycles. The molecule has 126 valence electrons. The second-order valence-electron chi connectivity index (χ2n) is 4.56. The number of nitrogens with one attached hydrogen (secondary N) is 1. The fourth-order valence-corrected chi connectivity index (χ4v) is 3.36. The molecule has 2 aromatic heterocycles. The van der Waals surface area contributed by atoms with Crippen molar-refractivity contribution in [3.05, 3.63) is 41.3 Å². The van der Waals surface area contributed by atoms with Crippen LogP contribution in [0.3, 0.4) is 0 Å². The number of aliphatic imine (C=N–C) groups is 1. The first-order chi connectivity index (χ1) is 11.6. The molecule has 0 atom stereocenters. The van der Waals surface area contributed by atoms with Gasteiger partial charge in [0.2, 0.25) is 0 Å². The first kappa shape index (κ1) is 18.3. The van der Waals surface area contributed by atoms with Crippen LogP contribution >= 0.6 is 22.9 Å². The van der Waals surface area contributed by atoms with E-state index < -0.39 is 0 Å². The Morgan fingerprint density at radius 2 is 2.04 bits per heavy atom. The highest BCUT2D eigenvalue weighted by Gasteiger charge is 2.16. The molecule has 4 nitrogen and oxygen atoms in total. The summed E-state index contributed by atoms with van der Waals surface area (Å²) in [4.78, 5) is 12.8. The molecular formula is C17H18ClFN4S. The number of aromatic nitrogens is 2. The average Bonchev–Trinajstić information content (AvgIpc) is 3.01. The third kappa shape index (κ3) is 3.71. The molecular weight excluding hydrogens is 347 g/mol. The summed E-state index contributed by atoms with van der Waals surface area (Å²) in [5.74, 6) is 0.996. The van der Waals surface area contributed by atoms with Gasteiger partial charge in [0.15, 0.2) is 5.82 Å². The lowest BCUT2D eigenvalue weighted by Crippen LogP contribution is -2.07. The van der Waals surface area contributed by atoms with E-state index in [2.05, 4.69) is 20.3 Å². The van der Waals surface area contributed by atoms with Gasteiger partial charge in [-0.15, -0.1) is 11.3 Å². The highest BCUT2D eigenvalue weighted by Crippen LogP contribution is 2.37. The van der Waals surface area contributed by atoms with Crippen LogP contribution in [0.1, 0.15) is 20.8 Å². The fourth-order valence-electron chi connectivity index (χ4n) is 1.98. The SMILES string of the molecule is CC.CN=C(C)Nc1nccc2nc(-c3c(F)cccc3Cl)sc12. The molecule has 0 saturated heterocycles. The van der Waals surface area contributed by atoms with E-state index in [1.165, 1.54) is 17.4 Å². The predicted molar refractivity (Wildman–Crippen MR) is 102 cm³/mol. The van der Waals surface area contributed by atoms with E-state index in [-0.39, 0.29) is 5.82 Å². The smallest absolute Gasteiger partial charge is 0.150 e. The minimum Gasteiger partial charge on any atom is -0.328 e. The summed E-state index contributed by atoms with van der Waals surface area (Å²) >= 11 is 7.46. The Kier molecular flexibility index (Phi) is 6.23. The van der Waals surface area contributed by atoms with Crippen LogP contribution in [0.5, 0.6) is 0 Å². The van der Waals surface area contributed by atoms with Crippen molar-refractivity contribution in [2.24, 2.45) is 4.99 Å². The van der Waals surface area contributed by atoms with Crippen molar-refractivity contribution in [1.82, 2.24) is 9.97 Å². The molecule has 0 aliphatic carbocycles. The molecule has 24 heavy (non-hydrogen) atoms. The number of rotatable bonds is 2. The van der Waals surface area contributed by atoms with E-state index in [9.17, 15) is 4.39 Å². The van der Waals surface area contributed by atoms with Gasteiger partial charge in [-0.2, -0.15) is 0 Å². The topological polar surface area (TPSA) is 50.2 Å². The number of amidine groups is 1. The van der Waals surface area contributed by atoms with Crippen LogP contribution in [0.2, 0.25) is 5.02 Å². The Balaban J connectivity index is 0.00000100. The van der Waals surface area contributed by atoms with Crippen LogP contribution in [-0.2, 0) is 0 Å². The molecule has 0 amide bonds. The number of halogens is 2. The molecule has 0 bridgehead atoms. The molecule has 0 spiro atoms. The van der Waals surface area contributed by atoms with Crippen molar-refractivity contribution in [3.8, 4) is 10.6 Å². The van der Waals surface area contributed by atoms with Crippen molar-refractivity contribution in [2.75, 3.05) is 12.4 Å². The van der Waals surface area contributed by atoms with E-state index in [1.807, 2.05) is 20.8 Å². The summed E-state index contributed by atoms with van der Waals surface area (Å²) in [6.07, 6.45) is 1.65. The van der Waals surface area contributed by atoms with Crippen LogP contribution < -0.4 is 5.32 Å². The van der Waals surface area contributed by atoms with E-state index in [0.717, 1.165) is 16.1 Å². The Morgan fingerprint density at radius 1 is 1.29 bits per heavy atom.